The van der Waals surface area contributed by atoms with Crippen molar-refractivity contribution in [2.75, 3.05) is 19.7 Å². The van der Waals surface area contributed by atoms with E-state index in [9.17, 15) is 13.2 Å². The molecule has 2 aromatic rings. The van der Waals surface area contributed by atoms with Crippen molar-refractivity contribution >= 4 is 15.9 Å². The standard InChI is InChI=1S/C22H31N3O5S/c1-5-29-20-8-6-18(7-9-20)14-23-22(26)15(2)19-10-12-25(13-11-19)31(27,28)21-16(3)24-30-17(21)4/h6-9,15,19H,5,10-14H2,1-4H3,(H,23,26). The van der Waals surface area contributed by atoms with Gasteiger partial charge in [0, 0.05) is 25.6 Å². The molecule has 0 radical (unpaired) electrons. The lowest BCUT2D eigenvalue weighted by Gasteiger charge is -2.33. The van der Waals surface area contributed by atoms with Gasteiger partial charge < -0.3 is 14.6 Å². The van der Waals surface area contributed by atoms with Gasteiger partial charge in [0.2, 0.25) is 15.9 Å². The maximum atomic E-state index is 13.0. The summed E-state index contributed by atoms with van der Waals surface area (Å²) >= 11 is 0. The molecule has 170 valence electrons. The van der Waals surface area contributed by atoms with Gasteiger partial charge in [-0.3, -0.25) is 4.79 Å². The number of ether oxygens (including phenoxy) is 1. The number of rotatable bonds is 8. The number of hydrogen-bond acceptors (Lipinski definition) is 6. The Morgan fingerprint density at radius 3 is 2.45 bits per heavy atom. The molecule has 0 aliphatic carbocycles. The van der Waals surface area contributed by atoms with Crippen LogP contribution >= 0.6 is 0 Å². The Hall–Kier alpha value is -2.39. The summed E-state index contributed by atoms with van der Waals surface area (Å²) in [5.74, 6) is 1.05. The largest absolute Gasteiger partial charge is 0.494 e. The predicted molar refractivity (Wildman–Crippen MR) is 116 cm³/mol. The van der Waals surface area contributed by atoms with Crippen molar-refractivity contribution in [2.24, 2.45) is 11.8 Å². The van der Waals surface area contributed by atoms with Crippen LogP contribution in [0.5, 0.6) is 5.75 Å². The molecule has 0 bridgehead atoms. The molecule has 1 unspecified atom stereocenters. The third kappa shape index (κ3) is 5.27. The summed E-state index contributed by atoms with van der Waals surface area (Å²) in [6.07, 6.45) is 1.28. The van der Waals surface area contributed by atoms with Gasteiger partial charge >= 0.3 is 0 Å². The van der Waals surface area contributed by atoms with Crippen molar-refractivity contribution in [3.63, 3.8) is 0 Å². The van der Waals surface area contributed by atoms with Gasteiger partial charge in [-0.15, -0.1) is 0 Å². The summed E-state index contributed by atoms with van der Waals surface area (Å²) in [6.45, 7) is 8.92. The molecule has 1 amide bonds. The van der Waals surface area contributed by atoms with Crippen LogP contribution in [0.25, 0.3) is 0 Å². The van der Waals surface area contributed by atoms with Crippen LogP contribution in [0.2, 0.25) is 0 Å². The van der Waals surface area contributed by atoms with E-state index in [1.807, 2.05) is 38.1 Å². The van der Waals surface area contributed by atoms with Crippen LogP contribution in [-0.4, -0.2) is 43.5 Å². The summed E-state index contributed by atoms with van der Waals surface area (Å²) in [7, 11) is -3.64. The van der Waals surface area contributed by atoms with Gasteiger partial charge in [-0.2, -0.15) is 4.31 Å². The number of carbonyl (C=O) groups excluding carboxylic acids is 1. The molecule has 31 heavy (non-hydrogen) atoms. The molecule has 1 aliphatic heterocycles. The van der Waals surface area contributed by atoms with Crippen molar-refractivity contribution < 1.29 is 22.5 Å². The number of nitrogens with zero attached hydrogens (tertiary/aromatic N) is 2. The van der Waals surface area contributed by atoms with E-state index in [1.54, 1.807) is 13.8 Å². The first-order chi connectivity index (χ1) is 14.7. The van der Waals surface area contributed by atoms with Crippen LogP contribution in [0.3, 0.4) is 0 Å². The average molecular weight is 450 g/mol. The lowest BCUT2D eigenvalue weighted by atomic mass is 9.85. The maximum Gasteiger partial charge on any atom is 0.248 e. The van der Waals surface area contributed by atoms with E-state index in [2.05, 4.69) is 10.5 Å². The van der Waals surface area contributed by atoms with Crippen molar-refractivity contribution in [3.05, 3.63) is 41.3 Å². The second-order valence-corrected chi connectivity index (χ2v) is 9.85. The first kappa shape index (κ1) is 23.3. The van der Waals surface area contributed by atoms with Crippen molar-refractivity contribution in [3.8, 4) is 5.75 Å². The van der Waals surface area contributed by atoms with Crippen LogP contribution in [0.15, 0.2) is 33.7 Å². The number of benzene rings is 1. The molecule has 1 aromatic heterocycles. The number of hydrogen-bond donors (Lipinski definition) is 1. The molecule has 1 fully saturated rings. The fourth-order valence-electron chi connectivity index (χ4n) is 4.02. The molecule has 0 spiro atoms. The van der Waals surface area contributed by atoms with Crippen molar-refractivity contribution in [1.82, 2.24) is 14.8 Å². The Bertz CT molecular complexity index is 973. The molecule has 1 aromatic carbocycles. The fourth-order valence-corrected chi connectivity index (χ4v) is 5.78. The van der Waals surface area contributed by atoms with E-state index in [0.29, 0.717) is 50.5 Å². The highest BCUT2D eigenvalue weighted by Crippen LogP contribution is 2.30. The predicted octanol–water partition coefficient (Wildman–Crippen LogP) is 3.04. The highest BCUT2D eigenvalue weighted by atomic mass is 32.2. The van der Waals surface area contributed by atoms with Gasteiger partial charge in [0.05, 0.1) is 6.61 Å². The van der Waals surface area contributed by atoms with Crippen LogP contribution in [0.4, 0.5) is 0 Å². The van der Waals surface area contributed by atoms with E-state index in [4.69, 9.17) is 9.26 Å². The van der Waals surface area contributed by atoms with Gasteiger partial charge in [-0.1, -0.05) is 24.2 Å². The normalized spacial score (nSPS) is 16.8. The van der Waals surface area contributed by atoms with Gasteiger partial charge in [0.1, 0.15) is 16.3 Å². The summed E-state index contributed by atoms with van der Waals surface area (Å²) in [5.41, 5.74) is 1.38. The summed E-state index contributed by atoms with van der Waals surface area (Å²) in [5, 5.41) is 6.76. The van der Waals surface area contributed by atoms with Gasteiger partial charge in [-0.25, -0.2) is 8.42 Å². The molecule has 2 heterocycles. The lowest BCUT2D eigenvalue weighted by Crippen LogP contribution is -2.42. The number of aromatic nitrogens is 1. The second-order valence-electron chi connectivity index (χ2n) is 7.98. The number of aryl methyl sites for hydroxylation is 2. The monoisotopic (exact) mass is 449 g/mol. The first-order valence-electron chi connectivity index (χ1n) is 10.7. The molecule has 1 N–H and O–H groups in total. The molecular formula is C22H31N3O5S. The number of carbonyl (C=O) groups is 1. The summed E-state index contributed by atoms with van der Waals surface area (Å²) < 4.78 is 37.9. The Kier molecular flexibility index (Phi) is 7.38. The molecular weight excluding hydrogens is 418 g/mol. The van der Waals surface area contributed by atoms with Gasteiger partial charge in [0.25, 0.3) is 0 Å². The maximum absolute atomic E-state index is 13.0. The summed E-state index contributed by atoms with van der Waals surface area (Å²) in [6, 6.07) is 7.66. The Balaban J connectivity index is 1.52. The molecule has 0 saturated carbocycles. The molecule has 1 aliphatic rings. The fraction of sp³-hybridized carbons (Fsp3) is 0.545. The topological polar surface area (TPSA) is 102 Å². The zero-order valence-corrected chi connectivity index (χ0v) is 19.4. The minimum absolute atomic E-state index is 0.0130. The van der Waals surface area contributed by atoms with Crippen LogP contribution in [0, 0.1) is 25.7 Å². The van der Waals surface area contributed by atoms with Crippen molar-refractivity contribution in [1.29, 1.82) is 0 Å². The molecule has 3 rings (SSSR count). The van der Waals surface area contributed by atoms with Crippen LogP contribution in [0.1, 0.15) is 43.7 Å². The molecule has 1 saturated heterocycles. The Labute approximate surface area is 184 Å². The number of nitrogens with one attached hydrogen (secondary N) is 1. The quantitative estimate of drug-likeness (QED) is 0.665. The zero-order chi connectivity index (χ0) is 22.6. The van der Waals surface area contributed by atoms with Gasteiger partial charge in [0.15, 0.2) is 5.76 Å². The number of amides is 1. The number of piperidine rings is 1. The summed E-state index contributed by atoms with van der Waals surface area (Å²) in [4.78, 5) is 12.8. The van der Waals surface area contributed by atoms with E-state index < -0.39 is 10.0 Å². The van der Waals surface area contributed by atoms with E-state index in [0.717, 1.165) is 11.3 Å². The van der Waals surface area contributed by atoms with Crippen molar-refractivity contribution in [2.45, 2.75) is 52.0 Å². The first-order valence-corrected chi connectivity index (χ1v) is 12.1. The van der Waals surface area contributed by atoms with E-state index in [-0.39, 0.29) is 22.6 Å². The molecule has 8 nitrogen and oxygen atoms in total. The van der Waals surface area contributed by atoms with E-state index >= 15 is 0 Å². The highest BCUT2D eigenvalue weighted by molar-refractivity contribution is 7.89. The van der Waals surface area contributed by atoms with Crippen LogP contribution < -0.4 is 10.1 Å². The zero-order valence-electron chi connectivity index (χ0n) is 18.6. The van der Waals surface area contributed by atoms with Crippen LogP contribution in [-0.2, 0) is 21.4 Å². The average Bonchev–Trinajstić information content (AvgIpc) is 3.11. The smallest absolute Gasteiger partial charge is 0.248 e. The third-order valence-electron chi connectivity index (χ3n) is 5.89. The Morgan fingerprint density at radius 1 is 1.26 bits per heavy atom. The van der Waals surface area contributed by atoms with E-state index in [1.165, 1.54) is 4.31 Å². The lowest BCUT2D eigenvalue weighted by molar-refractivity contribution is -0.126. The van der Waals surface area contributed by atoms with Gasteiger partial charge in [-0.05, 0) is 57.2 Å². The molecule has 9 heteroatoms. The molecule has 1 atom stereocenters. The Morgan fingerprint density at radius 2 is 1.90 bits per heavy atom. The highest BCUT2D eigenvalue weighted by Gasteiger charge is 2.36. The second kappa shape index (κ2) is 9.82. The number of sulfonamides is 1. The third-order valence-corrected chi connectivity index (χ3v) is 8.03. The minimum Gasteiger partial charge on any atom is -0.494 e. The minimum atomic E-state index is -3.64. The SMILES string of the molecule is CCOc1ccc(CNC(=O)C(C)C2CCN(S(=O)(=O)c3c(C)noc3C)CC2)cc1.